The first-order chi connectivity index (χ1) is 10.0. The van der Waals surface area contributed by atoms with E-state index in [9.17, 15) is 0 Å². The second-order valence-electron chi connectivity index (χ2n) is 7.54. The van der Waals surface area contributed by atoms with Gasteiger partial charge in [0, 0.05) is 18.0 Å². The predicted octanol–water partition coefficient (Wildman–Crippen LogP) is 2.43. The van der Waals surface area contributed by atoms with E-state index in [1.165, 1.54) is 38.8 Å². The molecule has 3 heterocycles. The van der Waals surface area contributed by atoms with Crippen LogP contribution in [0.3, 0.4) is 0 Å². The van der Waals surface area contributed by atoms with Crippen molar-refractivity contribution in [1.29, 1.82) is 0 Å². The van der Waals surface area contributed by atoms with E-state index in [0.717, 1.165) is 37.4 Å². The fourth-order valence-corrected chi connectivity index (χ4v) is 3.40. The molecule has 2 fully saturated rings. The van der Waals surface area contributed by atoms with E-state index in [1.54, 1.807) is 0 Å². The highest BCUT2D eigenvalue weighted by molar-refractivity contribution is 4.98. The number of nitrogens with zero attached hydrogens (tertiary/aromatic N) is 4. The number of aromatic nitrogens is 2. The van der Waals surface area contributed by atoms with E-state index in [2.05, 4.69) is 40.7 Å². The van der Waals surface area contributed by atoms with Crippen LogP contribution < -0.4 is 0 Å². The molecular weight excluding hydrogens is 264 g/mol. The summed E-state index contributed by atoms with van der Waals surface area (Å²) >= 11 is 0. The summed E-state index contributed by atoms with van der Waals surface area (Å²) in [7, 11) is 0. The molecule has 0 amide bonds. The largest absolute Gasteiger partial charge is 0.339 e. The Morgan fingerprint density at radius 1 is 1.14 bits per heavy atom. The van der Waals surface area contributed by atoms with Crippen LogP contribution in [0, 0.1) is 0 Å². The molecule has 0 aliphatic carbocycles. The third kappa shape index (κ3) is 3.64. The van der Waals surface area contributed by atoms with Crippen molar-refractivity contribution >= 4 is 0 Å². The van der Waals surface area contributed by atoms with E-state index in [0.29, 0.717) is 0 Å². The fraction of sp³-hybridized carbons (Fsp3) is 0.875. The SMILES string of the molecule is CC(C)(C)c1nc(CN2CCC[C@H](N3CCCC3)C2)no1. The minimum atomic E-state index is -0.0643. The van der Waals surface area contributed by atoms with Crippen molar-refractivity contribution < 1.29 is 4.52 Å². The first-order valence-electron chi connectivity index (χ1n) is 8.32. The lowest BCUT2D eigenvalue weighted by atomic mass is 9.97. The van der Waals surface area contributed by atoms with Gasteiger partial charge in [-0.25, -0.2) is 0 Å². The van der Waals surface area contributed by atoms with Gasteiger partial charge in [-0.2, -0.15) is 4.98 Å². The molecule has 3 rings (SSSR count). The van der Waals surface area contributed by atoms with Crippen LogP contribution >= 0.6 is 0 Å². The molecule has 2 saturated heterocycles. The summed E-state index contributed by atoms with van der Waals surface area (Å²) in [6.07, 6.45) is 5.37. The van der Waals surface area contributed by atoms with Gasteiger partial charge in [-0.15, -0.1) is 0 Å². The number of likely N-dealkylation sites (tertiary alicyclic amines) is 2. The summed E-state index contributed by atoms with van der Waals surface area (Å²) in [4.78, 5) is 9.72. The van der Waals surface area contributed by atoms with Gasteiger partial charge >= 0.3 is 0 Å². The van der Waals surface area contributed by atoms with Crippen LogP contribution in [0.2, 0.25) is 0 Å². The summed E-state index contributed by atoms with van der Waals surface area (Å²) in [5.41, 5.74) is -0.0643. The van der Waals surface area contributed by atoms with Gasteiger partial charge in [0.25, 0.3) is 0 Å². The first kappa shape index (κ1) is 15.0. The number of hydrogen-bond acceptors (Lipinski definition) is 5. The summed E-state index contributed by atoms with van der Waals surface area (Å²) in [6, 6.07) is 0.732. The maximum absolute atomic E-state index is 5.40. The average molecular weight is 292 g/mol. The second-order valence-corrected chi connectivity index (χ2v) is 7.54. The lowest BCUT2D eigenvalue weighted by molar-refractivity contribution is 0.108. The van der Waals surface area contributed by atoms with Crippen LogP contribution in [-0.4, -0.2) is 52.2 Å². The van der Waals surface area contributed by atoms with Crippen molar-refractivity contribution in [1.82, 2.24) is 19.9 Å². The fourth-order valence-electron chi connectivity index (χ4n) is 3.40. The van der Waals surface area contributed by atoms with Crippen LogP contribution in [-0.2, 0) is 12.0 Å². The van der Waals surface area contributed by atoms with Crippen LogP contribution in [0.5, 0.6) is 0 Å². The molecule has 0 bridgehead atoms. The lowest BCUT2D eigenvalue weighted by Gasteiger charge is -2.37. The van der Waals surface area contributed by atoms with Gasteiger partial charge in [0.1, 0.15) is 0 Å². The van der Waals surface area contributed by atoms with Crippen LogP contribution in [0.4, 0.5) is 0 Å². The highest BCUT2D eigenvalue weighted by Gasteiger charge is 2.28. The van der Waals surface area contributed by atoms with Gasteiger partial charge in [0.15, 0.2) is 5.82 Å². The predicted molar refractivity (Wildman–Crippen MR) is 82.1 cm³/mol. The molecule has 1 aromatic rings. The van der Waals surface area contributed by atoms with Crippen LogP contribution in [0.1, 0.15) is 58.2 Å². The summed E-state index contributed by atoms with van der Waals surface area (Å²) in [6.45, 7) is 12.0. The van der Waals surface area contributed by atoms with Gasteiger partial charge in [0.05, 0.1) is 6.54 Å². The molecule has 21 heavy (non-hydrogen) atoms. The monoisotopic (exact) mass is 292 g/mol. The van der Waals surface area contributed by atoms with Crippen molar-refractivity contribution in [2.24, 2.45) is 0 Å². The number of rotatable bonds is 3. The minimum Gasteiger partial charge on any atom is -0.339 e. The zero-order valence-corrected chi connectivity index (χ0v) is 13.6. The molecule has 0 radical (unpaired) electrons. The molecular formula is C16H28N4O. The zero-order chi connectivity index (χ0) is 14.9. The molecule has 0 N–H and O–H groups in total. The Hall–Kier alpha value is -0.940. The van der Waals surface area contributed by atoms with Gasteiger partial charge in [-0.3, -0.25) is 9.80 Å². The summed E-state index contributed by atoms with van der Waals surface area (Å²) < 4.78 is 5.40. The van der Waals surface area contributed by atoms with Gasteiger partial charge < -0.3 is 4.52 Å². The van der Waals surface area contributed by atoms with Crippen molar-refractivity contribution in [2.75, 3.05) is 26.2 Å². The van der Waals surface area contributed by atoms with Gasteiger partial charge in [-0.1, -0.05) is 25.9 Å². The molecule has 1 aromatic heterocycles. The maximum Gasteiger partial charge on any atom is 0.232 e. The third-order valence-electron chi connectivity index (χ3n) is 4.61. The van der Waals surface area contributed by atoms with E-state index in [4.69, 9.17) is 4.52 Å². The highest BCUT2D eigenvalue weighted by Crippen LogP contribution is 2.23. The Morgan fingerprint density at radius 3 is 2.57 bits per heavy atom. The van der Waals surface area contributed by atoms with Crippen LogP contribution in [0.15, 0.2) is 4.52 Å². The molecule has 5 heteroatoms. The molecule has 0 saturated carbocycles. The standard InChI is InChI=1S/C16H28N4O/c1-16(2,3)15-17-14(18-21-15)12-19-8-6-7-13(11-19)20-9-4-5-10-20/h13H,4-12H2,1-3H3/t13-/m0/s1. The topological polar surface area (TPSA) is 45.4 Å². The lowest BCUT2D eigenvalue weighted by Crippen LogP contribution is -2.46. The number of hydrogen-bond donors (Lipinski definition) is 0. The zero-order valence-electron chi connectivity index (χ0n) is 13.6. The van der Waals surface area contributed by atoms with Gasteiger partial charge in [0.2, 0.25) is 5.89 Å². The molecule has 118 valence electrons. The first-order valence-corrected chi connectivity index (χ1v) is 8.32. The van der Waals surface area contributed by atoms with Crippen LogP contribution in [0.25, 0.3) is 0 Å². The minimum absolute atomic E-state index is 0.0643. The third-order valence-corrected chi connectivity index (χ3v) is 4.61. The Labute approximate surface area is 127 Å². The average Bonchev–Trinajstić information content (AvgIpc) is 3.09. The Balaban J connectivity index is 1.58. The molecule has 2 aliphatic heterocycles. The quantitative estimate of drug-likeness (QED) is 0.856. The van der Waals surface area contributed by atoms with Crippen molar-refractivity contribution in [2.45, 2.75) is 64.5 Å². The molecule has 2 aliphatic rings. The number of piperidine rings is 1. The Kier molecular flexibility index (Phi) is 4.31. The van der Waals surface area contributed by atoms with E-state index < -0.39 is 0 Å². The summed E-state index contributed by atoms with van der Waals surface area (Å²) in [5, 5.41) is 4.16. The Bertz CT molecular complexity index is 459. The maximum atomic E-state index is 5.40. The molecule has 0 unspecified atom stereocenters. The summed E-state index contributed by atoms with van der Waals surface area (Å²) in [5.74, 6) is 1.58. The van der Waals surface area contributed by atoms with E-state index in [-0.39, 0.29) is 5.41 Å². The molecule has 1 atom stereocenters. The van der Waals surface area contributed by atoms with Gasteiger partial charge in [-0.05, 0) is 45.3 Å². The molecule has 5 nitrogen and oxygen atoms in total. The van der Waals surface area contributed by atoms with Crippen molar-refractivity contribution in [3.63, 3.8) is 0 Å². The highest BCUT2D eigenvalue weighted by atomic mass is 16.5. The smallest absolute Gasteiger partial charge is 0.232 e. The van der Waals surface area contributed by atoms with Crippen molar-refractivity contribution in [3.8, 4) is 0 Å². The van der Waals surface area contributed by atoms with E-state index in [1.807, 2.05) is 0 Å². The Morgan fingerprint density at radius 2 is 1.90 bits per heavy atom. The normalized spacial score (nSPS) is 25.6. The molecule has 0 spiro atoms. The molecule has 0 aromatic carbocycles. The second kappa shape index (κ2) is 6.05. The van der Waals surface area contributed by atoms with Crippen molar-refractivity contribution in [3.05, 3.63) is 11.7 Å². The van der Waals surface area contributed by atoms with E-state index >= 15 is 0 Å².